The van der Waals surface area contributed by atoms with Crippen LogP contribution in [0.25, 0.3) is 0 Å². The molecule has 1 nitrogen and oxygen atoms in total. The summed E-state index contributed by atoms with van der Waals surface area (Å²) in [7, 11) is 0.748. The van der Waals surface area contributed by atoms with Crippen LogP contribution in [-0.2, 0) is 0 Å². The second kappa shape index (κ2) is 5.27. The number of hydrogen-bond donors (Lipinski definition) is 0. The molecule has 0 bridgehead atoms. The summed E-state index contributed by atoms with van der Waals surface area (Å²) in [6.45, 7) is 3.97. The lowest BCUT2D eigenvalue weighted by molar-refractivity contribution is -0.207. The zero-order valence-electron chi connectivity index (χ0n) is 9.97. The molecule has 0 atom stereocenters. The molecule has 0 N–H and O–H groups in total. The molecule has 2 heteroatoms. The first-order valence-corrected chi connectivity index (χ1v) is 6.45. The topological polar surface area (TPSA) is 23.1 Å². The molecule has 86 valence electrons. The second-order valence-electron chi connectivity index (χ2n) is 4.02. The molecule has 0 saturated carbocycles. The van der Waals surface area contributed by atoms with Crippen molar-refractivity contribution in [2.45, 2.75) is 13.8 Å². The molecule has 0 amide bonds. The van der Waals surface area contributed by atoms with Gasteiger partial charge in [0, 0.05) is 5.30 Å². The summed E-state index contributed by atoms with van der Waals surface area (Å²) in [5.74, 6) is 0. The Morgan fingerprint density at radius 3 is 2.06 bits per heavy atom. The number of benzene rings is 2. The van der Waals surface area contributed by atoms with Gasteiger partial charge in [0.25, 0.3) is 0 Å². The third-order valence-electron chi connectivity index (χ3n) is 2.68. The van der Waals surface area contributed by atoms with E-state index in [9.17, 15) is 5.11 Å². The maximum atomic E-state index is 12.2. The van der Waals surface area contributed by atoms with Gasteiger partial charge in [0.1, 0.15) is 0 Å². The van der Waals surface area contributed by atoms with E-state index >= 15 is 0 Å². The maximum Gasteiger partial charge on any atom is 0.000806 e. The highest BCUT2D eigenvalue weighted by molar-refractivity contribution is 7.49. The standard InChI is InChI=1S/C15H15OP/c1-11-7-6-8-12(2)14(11)15(16)17-13-9-4-3-5-10-13/h3-10,16H,1-2H3/p-1. The van der Waals surface area contributed by atoms with Crippen LogP contribution in [-0.4, -0.2) is 5.48 Å². The summed E-state index contributed by atoms with van der Waals surface area (Å²) in [5.41, 5.74) is 3.14. The summed E-state index contributed by atoms with van der Waals surface area (Å²) in [4.78, 5) is 0. The Labute approximate surface area is 104 Å². The average Bonchev–Trinajstić information content (AvgIpc) is 2.30. The number of hydrogen-bond acceptors (Lipinski definition) is 1. The van der Waals surface area contributed by atoms with E-state index < -0.39 is 0 Å². The fraction of sp³-hybridized carbons (Fsp3) is 0.133. The maximum absolute atomic E-state index is 12.2. The lowest BCUT2D eigenvalue weighted by Crippen LogP contribution is -2.20. The lowest BCUT2D eigenvalue weighted by atomic mass is 10.0. The molecule has 0 unspecified atom stereocenters. The average molecular weight is 241 g/mol. The van der Waals surface area contributed by atoms with Gasteiger partial charge in [-0.25, -0.2) is 0 Å². The van der Waals surface area contributed by atoms with Crippen molar-refractivity contribution < 1.29 is 5.11 Å². The molecule has 2 aromatic carbocycles. The van der Waals surface area contributed by atoms with Crippen LogP contribution < -0.4 is 10.4 Å². The molecule has 0 fully saturated rings. The first-order chi connectivity index (χ1) is 8.18. The van der Waals surface area contributed by atoms with E-state index in [1.807, 2.05) is 62.4 Å². The monoisotopic (exact) mass is 241 g/mol. The molecular formula is C15H14OP-. The summed E-state index contributed by atoms with van der Waals surface area (Å²) in [5, 5.41) is 13.3. The Morgan fingerprint density at radius 1 is 0.882 bits per heavy atom. The van der Waals surface area contributed by atoms with Crippen molar-refractivity contribution in [2.75, 3.05) is 0 Å². The molecule has 0 aliphatic heterocycles. The van der Waals surface area contributed by atoms with Gasteiger partial charge in [-0.05, 0) is 30.5 Å². The third-order valence-corrected chi connectivity index (χ3v) is 3.66. The lowest BCUT2D eigenvalue weighted by Gasteiger charge is -2.17. The van der Waals surface area contributed by atoms with E-state index in [4.69, 9.17) is 0 Å². The highest BCUT2D eigenvalue weighted by Gasteiger charge is 2.00. The molecule has 2 rings (SSSR count). The smallest absolute Gasteiger partial charge is 0.000806 e. The van der Waals surface area contributed by atoms with Crippen LogP contribution in [0, 0.1) is 13.8 Å². The van der Waals surface area contributed by atoms with Crippen molar-refractivity contribution >= 4 is 19.0 Å². The molecule has 0 aliphatic carbocycles. The Kier molecular flexibility index (Phi) is 3.73. The van der Waals surface area contributed by atoms with Crippen molar-refractivity contribution in [3.63, 3.8) is 0 Å². The van der Waals surface area contributed by atoms with E-state index in [0.29, 0.717) is 0 Å². The molecule has 0 heterocycles. The van der Waals surface area contributed by atoms with E-state index in [1.165, 1.54) is 0 Å². The highest BCUT2D eigenvalue weighted by Crippen LogP contribution is 2.15. The van der Waals surface area contributed by atoms with Crippen LogP contribution >= 0.6 is 8.20 Å². The van der Waals surface area contributed by atoms with Crippen LogP contribution in [0.2, 0.25) is 0 Å². The first kappa shape index (κ1) is 12.0. The van der Waals surface area contributed by atoms with E-state index in [1.54, 1.807) is 0 Å². The van der Waals surface area contributed by atoms with E-state index in [-0.39, 0.29) is 5.48 Å². The number of rotatable bonds is 2. The van der Waals surface area contributed by atoms with Crippen molar-refractivity contribution in [1.82, 2.24) is 0 Å². The van der Waals surface area contributed by atoms with Crippen molar-refractivity contribution in [1.29, 1.82) is 0 Å². The molecule has 17 heavy (non-hydrogen) atoms. The highest BCUT2D eigenvalue weighted by atomic mass is 31.1. The van der Waals surface area contributed by atoms with Gasteiger partial charge >= 0.3 is 0 Å². The van der Waals surface area contributed by atoms with Crippen LogP contribution in [0.1, 0.15) is 16.7 Å². The predicted octanol–water partition coefficient (Wildman–Crippen LogP) is 2.41. The van der Waals surface area contributed by atoms with Crippen LogP contribution in [0.4, 0.5) is 0 Å². The summed E-state index contributed by atoms with van der Waals surface area (Å²) >= 11 is 0. The van der Waals surface area contributed by atoms with Gasteiger partial charge in [-0.1, -0.05) is 56.7 Å². The molecule has 0 aromatic heterocycles. The largest absolute Gasteiger partial charge is 0.823 e. The minimum atomic E-state index is 0.173. The molecule has 0 spiro atoms. The van der Waals surface area contributed by atoms with Gasteiger partial charge in [-0.3, -0.25) is 0 Å². The minimum Gasteiger partial charge on any atom is -0.823 e. The van der Waals surface area contributed by atoms with E-state index in [0.717, 1.165) is 30.2 Å². The fourth-order valence-corrected chi connectivity index (χ4v) is 2.85. The number of aryl methyl sites for hydroxylation is 2. The van der Waals surface area contributed by atoms with Gasteiger partial charge in [0.05, 0.1) is 0 Å². The van der Waals surface area contributed by atoms with Gasteiger partial charge in [-0.2, -0.15) is 0 Å². The normalized spacial score (nSPS) is 11.6. The molecular weight excluding hydrogens is 227 g/mol. The van der Waals surface area contributed by atoms with Gasteiger partial charge < -0.3 is 5.11 Å². The quantitative estimate of drug-likeness (QED) is 0.740. The summed E-state index contributed by atoms with van der Waals surface area (Å²) in [6, 6.07) is 15.8. The molecule has 0 aliphatic rings. The van der Waals surface area contributed by atoms with Crippen LogP contribution in [0.15, 0.2) is 48.5 Å². The summed E-state index contributed by atoms with van der Waals surface area (Å²) in [6.07, 6.45) is 0. The minimum absolute atomic E-state index is 0.173. The molecule has 0 saturated heterocycles. The van der Waals surface area contributed by atoms with Crippen molar-refractivity contribution in [2.24, 2.45) is 0 Å². The summed E-state index contributed by atoms with van der Waals surface area (Å²) < 4.78 is 0. The predicted molar refractivity (Wildman–Crippen MR) is 73.0 cm³/mol. The Balaban J connectivity index is 2.44. The van der Waals surface area contributed by atoms with Crippen LogP contribution in [0.5, 0.6) is 0 Å². The third kappa shape index (κ3) is 2.82. The SMILES string of the molecule is Cc1cccc(C)c1C([O-])=Pc1ccccc1. The van der Waals surface area contributed by atoms with Gasteiger partial charge in [0.15, 0.2) is 0 Å². The van der Waals surface area contributed by atoms with E-state index in [2.05, 4.69) is 0 Å². The van der Waals surface area contributed by atoms with Crippen LogP contribution in [0.3, 0.4) is 0 Å². The Morgan fingerprint density at radius 2 is 1.47 bits per heavy atom. The fourth-order valence-electron chi connectivity index (χ4n) is 1.83. The van der Waals surface area contributed by atoms with Gasteiger partial charge in [0.2, 0.25) is 0 Å². The van der Waals surface area contributed by atoms with Crippen molar-refractivity contribution in [3.05, 3.63) is 65.2 Å². The second-order valence-corrected chi connectivity index (χ2v) is 5.17. The first-order valence-electron chi connectivity index (χ1n) is 5.56. The van der Waals surface area contributed by atoms with Gasteiger partial charge in [-0.15, -0.1) is 5.48 Å². The van der Waals surface area contributed by atoms with Crippen molar-refractivity contribution in [3.8, 4) is 0 Å². The zero-order valence-corrected chi connectivity index (χ0v) is 10.9. The molecule has 2 aromatic rings. The molecule has 0 radical (unpaired) electrons. The Hall–Kier alpha value is -1.43. The Bertz CT molecular complexity index is 524. The zero-order chi connectivity index (χ0) is 12.3.